The third kappa shape index (κ3) is 2.45. The zero-order valence-corrected chi connectivity index (χ0v) is 13.1. The fourth-order valence-corrected chi connectivity index (χ4v) is 2.64. The molecule has 0 radical (unpaired) electrons. The van der Waals surface area contributed by atoms with Crippen LogP contribution < -0.4 is 4.74 Å². The minimum Gasteiger partial charge on any atom is -0.481 e. The van der Waals surface area contributed by atoms with Crippen LogP contribution in [0.3, 0.4) is 0 Å². The van der Waals surface area contributed by atoms with Gasteiger partial charge in [-0.05, 0) is 41.9 Å². The molecule has 0 unspecified atom stereocenters. The monoisotopic (exact) mass is 299 g/mol. The van der Waals surface area contributed by atoms with Gasteiger partial charge in [0.1, 0.15) is 0 Å². The Morgan fingerprint density at radius 2 is 2.05 bits per heavy atom. The molecule has 0 saturated carbocycles. The summed E-state index contributed by atoms with van der Waals surface area (Å²) in [5, 5.41) is 0. The second-order valence-electron chi connectivity index (χ2n) is 5.24. The molecule has 1 N–H and O–H groups in total. The number of ether oxygens (including phenoxy) is 1. The molecule has 3 aromatic rings. The van der Waals surface area contributed by atoms with Gasteiger partial charge in [0, 0.05) is 6.07 Å². The summed E-state index contributed by atoms with van der Waals surface area (Å²) in [6.45, 7) is 4.35. The predicted octanol–water partition coefficient (Wildman–Crippen LogP) is 4.22. The average molecular weight is 299 g/mol. The summed E-state index contributed by atoms with van der Waals surface area (Å²) in [5.74, 6) is 1.04. The van der Waals surface area contributed by atoms with Crippen LogP contribution in [0, 0.1) is 4.77 Å². The van der Waals surface area contributed by atoms with E-state index in [-0.39, 0.29) is 0 Å². The first-order valence-electron chi connectivity index (χ1n) is 6.86. The molecule has 3 rings (SSSR count). The van der Waals surface area contributed by atoms with Crippen LogP contribution >= 0.6 is 12.2 Å². The molecule has 2 heterocycles. The van der Waals surface area contributed by atoms with Crippen molar-refractivity contribution in [2.24, 2.45) is 0 Å². The Morgan fingerprint density at radius 3 is 2.76 bits per heavy atom. The highest BCUT2D eigenvalue weighted by Crippen LogP contribution is 2.23. The van der Waals surface area contributed by atoms with Crippen molar-refractivity contribution in [2.45, 2.75) is 19.8 Å². The minimum atomic E-state index is 0.465. The fraction of sp³-hybridized carbons (Fsp3) is 0.250. The average Bonchev–Trinajstić information content (AvgIpc) is 2.82. The van der Waals surface area contributed by atoms with E-state index in [0.29, 0.717) is 16.6 Å². The largest absolute Gasteiger partial charge is 0.481 e. The second-order valence-corrected chi connectivity index (χ2v) is 5.63. The van der Waals surface area contributed by atoms with Crippen LogP contribution in [0.25, 0.3) is 16.9 Å². The summed E-state index contributed by atoms with van der Waals surface area (Å²) in [6, 6.07) is 12.1. The number of hydrogen-bond donors (Lipinski definition) is 1. The van der Waals surface area contributed by atoms with Gasteiger partial charge in [0.2, 0.25) is 5.88 Å². The summed E-state index contributed by atoms with van der Waals surface area (Å²) in [4.78, 5) is 7.69. The molecular weight excluding hydrogens is 282 g/mol. The van der Waals surface area contributed by atoms with Crippen LogP contribution in [0.1, 0.15) is 25.3 Å². The van der Waals surface area contributed by atoms with E-state index in [0.717, 1.165) is 16.9 Å². The van der Waals surface area contributed by atoms with E-state index in [9.17, 15) is 0 Å². The number of nitrogens with one attached hydrogen (secondary N) is 1. The summed E-state index contributed by atoms with van der Waals surface area (Å²) >= 11 is 5.45. The van der Waals surface area contributed by atoms with E-state index in [1.807, 2.05) is 28.8 Å². The van der Waals surface area contributed by atoms with Gasteiger partial charge in [-0.2, -0.15) is 4.98 Å². The molecule has 5 heteroatoms. The highest BCUT2D eigenvalue weighted by Gasteiger charge is 2.10. The minimum absolute atomic E-state index is 0.465. The number of benzene rings is 1. The Morgan fingerprint density at radius 1 is 1.24 bits per heavy atom. The van der Waals surface area contributed by atoms with E-state index < -0.39 is 0 Å². The number of aromatic amines is 1. The summed E-state index contributed by atoms with van der Waals surface area (Å²) < 4.78 is 7.79. The number of methoxy groups -OCH3 is 1. The van der Waals surface area contributed by atoms with Crippen molar-refractivity contribution >= 4 is 23.4 Å². The number of aromatic nitrogens is 3. The van der Waals surface area contributed by atoms with Gasteiger partial charge < -0.3 is 9.72 Å². The number of hydrogen-bond acceptors (Lipinski definition) is 3. The normalized spacial score (nSPS) is 11.2. The molecule has 0 bridgehead atoms. The van der Waals surface area contributed by atoms with Crippen LogP contribution in [0.4, 0.5) is 0 Å². The van der Waals surface area contributed by atoms with Crippen molar-refractivity contribution in [3.05, 3.63) is 46.7 Å². The number of pyridine rings is 1. The fourth-order valence-electron chi connectivity index (χ4n) is 2.34. The lowest BCUT2D eigenvalue weighted by atomic mass is 10.0. The Balaban J connectivity index is 2.26. The van der Waals surface area contributed by atoms with Crippen LogP contribution in [-0.2, 0) is 0 Å². The molecule has 0 amide bonds. The summed E-state index contributed by atoms with van der Waals surface area (Å²) in [7, 11) is 1.61. The standard InChI is InChI=1S/C16H17N3OS/c1-10(2)11-5-4-6-12(9-11)19-15-13(17-16(19)21)7-8-14(18-15)20-3/h4-10H,1-3H3,(H,17,21). The summed E-state index contributed by atoms with van der Waals surface area (Å²) in [5.41, 5.74) is 3.96. The molecule has 21 heavy (non-hydrogen) atoms. The van der Waals surface area contributed by atoms with Gasteiger partial charge in [0.05, 0.1) is 18.3 Å². The predicted molar refractivity (Wildman–Crippen MR) is 86.9 cm³/mol. The van der Waals surface area contributed by atoms with Gasteiger partial charge in [-0.25, -0.2) is 0 Å². The van der Waals surface area contributed by atoms with E-state index >= 15 is 0 Å². The van der Waals surface area contributed by atoms with E-state index in [2.05, 4.69) is 35.9 Å². The van der Waals surface area contributed by atoms with E-state index in [1.54, 1.807) is 7.11 Å². The highest BCUT2D eigenvalue weighted by atomic mass is 32.1. The smallest absolute Gasteiger partial charge is 0.215 e. The van der Waals surface area contributed by atoms with Gasteiger partial charge >= 0.3 is 0 Å². The maximum Gasteiger partial charge on any atom is 0.215 e. The molecule has 1 aromatic carbocycles. The maximum atomic E-state index is 5.45. The van der Waals surface area contributed by atoms with Crippen molar-refractivity contribution in [1.82, 2.24) is 14.5 Å². The van der Waals surface area contributed by atoms with Gasteiger partial charge in [-0.15, -0.1) is 0 Å². The lowest BCUT2D eigenvalue weighted by molar-refractivity contribution is 0.399. The first-order valence-corrected chi connectivity index (χ1v) is 7.27. The zero-order chi connectivity index (χ0) is 15.0. The number of nitrogens with zero attached hydrogens (tertiary/aromatic N) is 2. The lowest BCUT2D eigenvalue weighted by Crippen LogP contribution is -1.98. The Labute approximate surface area is 128 Å². The molecule has 108 valence electrons. The molecule has 0 aliphatic carbocycles. The highest BCUT2D eigenvalue weighted by molar-refractivity contribution is 7.71. The third-order valence-electron chi connectivity index (χ3n) is 3.51. The number of rotatable bonds is 3. The van der Waals surface area contributed by atoms with Crippen LogP contribution in [0.2, 0.25) is 0 Å². The lowest BCUT2D eigenvalue weighted by Gasteiger charge is -2.09. The SMILES string of the molecule is COc1ccc2[nH]c(=S)n(-c3cccc(C(C)C)c3)c2n1. The molecule has 2 aromatic heterocycles. The molecular formula is C16H17N3OS. The van der Waals surface area contributed by atoms with Gasteiger partial charge in [-0.3, -0.25) is 4.57 Å². The molecule has 0 aliphatic rings. The molecule has 4 nitrogen and oxygen atoms in total. The number of imidazole rings is 1. The quantitative estimate of drug-likeness (QED) is 0.736. The summed E-state index contributed by atoms with van der Waals surface area (Å²) in [6.07, 6.45) is 0. The van der Waals surface area contributed by atoms with Crippen molar-refractivity contribution in [2.75, 3.05) is 7.11 Å². The zero-order valence-electron chi connectivity index (χ0n) is 12.3. The molecule has 0 spiro atoms. The van der Waals surface area contributed by atoms with Crippen LogP contribution in [0.15, 0.2) is 36.4 Å². The Kier molecular flexibility index (Phi) is 3.51. The van der Waals surface area contributed by atoms with E-state index in [1.165, 1.54) is 5.56 Å². The maximum absolute atomic E-state index is 5.45. The Hall–Kier alpha value is -2.14. The number of fused-ring (bicyclic) bond motifs is 1. The molecule has 0 aliphatic heterocycles. The topological polar surface area (TPSA) is 42.8 Å². The van der Waals surface area contributed by atoms with E-state index in [4.69, 9.17) is 17.0 Å². The first-order chi connectivity index (χ1) is 10.1. The van der Waals surface area contributed by atoms with Gasteiger partial charge in [0.15, 0.2) is 10.4 Å². The molecule has 0 fully saturated rings. The van der Waals surface area contributed by atoms with Crippen molar-refractivity contribution in [3.63, 3.8) is 0 Å². The van der Waals surface area contributed by atoms with Gasteiger partial charge in [-0.1, -0.05) is 26.0 Å². The van der Waals surface area contributed by atoms with Gasteiger partial charge in [0.25, 0.3) is 0 Å². The molecule has 0 atom stereocenters. The first kappa shape index (κ1) is 13.8. The van der Waals surface area contributed by atoms with Crippen LogP contribution in [0.5, 0.6) is 5.88 Å². The van der Waals surface area contributed by atoms with Crippen molar-refractivity contribution in [1.29, 1.82) is 0 Å². The number of H-pyrrole nitrogens is 1. The molecule has 0 saturated heterocycles. The third-order valence-corrected chi connectivity index (χ3v) is 3.79. The Bertz CT molecular complexity index is 848. The van der Waals surface area contributed by atoms with Crippen LogP contribution in [-0.4, -0.2) is 21.6 Å². The second kappa shape index (κ2) is 5.33. The van der Waals surface area contributed by atoms with Crippen molar-refractivity contribution in [3.8, 4) is 11.6 Å². The van der Waals surface area contributed by atoms with Crippen molar-refractivity contribution < 1.29 is 4.74 Å².